The quantitative estimate of drug-likeness (QED) is 0.738. The molecule has 0 aromatic carbocycles. The van der Waals surface area contributed by atoms with Crippen LogP contribution in [0.5, 0.6) is 0 Å². The van der Waals surface area contributed by atoms with Crippen LogP contribution in [0.25, 0.3) is 0 Å². The summed E-state index contributed by atoms with van der Waals surface area (Å²) in [5, 5.41) is 8.45. The van der Waals surface area contributed by atoms with Crippen molar-refractivity contribution >= 4 is 29.1 Å². The van der Waals surface area contributed by atoms with Crippen LogP contribution in [0.15, 0.2) is 16.3 Å². The number of thiophene rings is 1. The Bertz CT molecular complexity index is 255. The van der Waals surface area contributed by atoms with Crippen molar-refractivity contribution in [3.05, 3.63) is 17.0 Å². The van der Waals surface area contributed by atoms with E-state index in [2.05, 4.69) is 0 Å². The molecule has 0 saturated heterocycles. The third-order valence-electron chi connectivity index (χ3n) is 1.16. The molecular weight excluding hydrogens is 180 g/mol. The first-order valence-corrected chi connectivity index (χ1v) is 5.11. The van der Waals surface area contributed by atoms with Crippen molar-refractivity contribution in [1.29, 1.82) is 0 Å². The number of rotatable bonds is 3. The second-order valence-corrected chi connectivity index (χ2v) is 4.27. The van der Waals surface area contributed by atoms with Crippen LogP contribution in [-0.2, 0) is 11.2 Å². The Morgan fingerprint density at radius 3 is 2.91 bits per heavy atom. The average molecular weight is 188 g/mol. The van der Waals surface area contributed by atoms with Crippen molar-refractivity contribution in [2.45, 2.75) is 10.6 Å². The van der Waals surface area contributed by atoms with Crippen LogP contribution in [0.2, 0.25) is 0 Å². The van der Waals surface area contributed by atoms with Crippen molar-refractivity contribution < 1.29 is 9.90 Å². The first-order chi connectivity index (χ1) is 5.22. The average Bonchev–Trinajstić information content (AvgIpc) is 2.34. The second-order valence-electron chi connectivity index (χ2n) is 2.00. The standard InChI is InChI=1S/C7H8O2S2/c1-10-7-3-2-5(11-7)4-6(8)9/h2-3H,4H2,1H3,(H,8,9). The first kappa shape index (κ1) is 8.62. The van der Waals surface area contributed by atoms with Crippen molar-refractivity contribution in [2.75, 3.05) is 6.26 Å². The summed E-state index contributed by atoms with van der Waals surface area (Å²) in [5.41, 5.74) is 0. The summed E-state index contributed by atoms with van der Waals surface area (Å²) in [6.07, 6.45) is 2.13. The van der Waals surface area contributed by atoms with E-state index < -0.39 is 5.97 Å². The number of thioether (sulfide) groups is 1. The van der Waals surface area contributed by atoms with E-state index in [1.807, 2.05) is 18.4 Å². The second kappa shape index (κ2) is 3.78. The Labute approximate surface area is 73.2 Å². The predicted molar refractivity (Wildman–Crippen MR) is 47.4 cm³/mol. The smallest absolute Gasteiger partial charge is 0.308 e. The van der Waals surface area contributed by atoms with Gasteiger partial charge >= 0.3 is 5.97 Å². The maximum absolute atomic E-state index is 10.3. The minimum atomic E-state index is -0.764. The molecule has 2 nitrogen and oxygen atoms in total. The largest absolute Gasteiger partial charge is 0.481 e. The molecule has 1 aromatic heterocycles. The van der Waals surface area contributed by atoms with Crippen LogP contribution in [0, 0.1) is 0 Å². The molecule has 4 heteroatoms. The molecule has 0 unspecified atom stereocenters. The van der Waals surface area contributed by atoms with E-state index >= 15 is 0 Å². The molecule has 1 aromatic rings. The SMILES string of the molecule is CSc1ccc(CC(=O)O)s1. The minimum absolute atomic E-state index is 0.144. The fraction of sp³-hybridized carbons (Fsp3) is 0.286. The van der Waals surface area contributed by atoms with Gasteiger partial charge in [-0.2, -0.15) is 0 Å². The van der Waals surface area contributed by atoms with E-state index in [0.717, 1.165) is 4.88 Å². The fourth-order valence-electron chi connectivity index (χ4n) is 0.712. The molecule has 0 aliphatic rings. The van der Waals surface area contributed by atoms with E-state index in [1.54, 1.807) is 23.1 Å². The maximum atomic E-state index is 10.3. The number of hydrogen-bond donors (Lipinski definition) is 1. The van der Waals surface area contributed by atoms with Gasteiger partial charge < -0.3 is 5.11 Å². The van der Waals surface area contributed by atoms with Crippen molar-refractivity contribution in [3.8, 4) is 0 Å². The number of carboxylic acids is 1. The Kier molecular flexibility index (Phi) is 2.96. The summed E-state index contributed by atoms with van der Waals surface area (Å²) in [6.45, 7) is 0. The van der Waals surface area contributed by atoms with Gasteiger partial charge in [0.2, 0.25) is 0 Å². The highest BCUT2D eigenvalue weighted by atomic mass is 32.2. The lowest BCUT2D eigenvalue weighted by atomic mass is 10.3. The molecule has 0 bridgehead atoms. The summed E-state index contributed by atoms with van der Waals surface area (Å²) in [7, 11) is 0. The van der Waals surface area contributed by atoms with Gasteiger partial charge in [-0.15, -0.1) is 23.1 Å². The third-order valence-corrected chi connectivity index (χ3v) is 3.33. The Morgan fingerprint density at radius 2 is 2.45 bits per heavy atom. The lowest BCUT2D eigenvalue weighted by Gasteiger charge is -1.87. The predicted octanol–water partition coefficient (Wildman–Crippen LogP) is 2.10. The van der Waals surface area contributed by atoms with E-state index in [-0.39, 0.29) is 6.42 Å². The highest BCUT2D eigenvalue weighted by Crippen LogP contribution is 2.25. The fourth-order valence-corrected chi connectivity index (χ4v) is 2.30. The van der Waals surface area contributed by atoms with Crippen LogP contribution in [-0.4, -0.2) is 17.3 Å². The van der Waals surface area contributed by atoms with Crippen LogP contribution in [0.3, 0.4) is 0 Å². The van der Waals surface area contributed by atoms with Gasteiger partial charge in [0.15, 0.2) is 0 Å². The summed E-state index contributed by atoms with van der Waals surface area (Å²) in [6, 6.07) is 3.82. The molecule has 0 spiro atoms. The van der Waals surface area contributed by atoms with Gasteiger partial charge in [-0.05, 0) is 18.4 Å². The molecule has 0 radical (unpaired) electrons. The topological polar surface area (TPSA) is 37.3 Å². The highest BCUT2D eigenvalue weighted by Gasteiger charge is 2.02. The monoisotopic (exact) mass is 188 g/mol. The summed E-state index contributed by atoms with van der Waals surface area (Å²) in [5.74, 6) is -0.764. The van der Waals surface area contributed by atoms with Gasteiger partial charge in [-0.3, -0.25) is 4.79 Å². The van der Waals surface area contributed by atoms with Gasteiger partial charge in [0, 0.05) is 4.88 Å². The number of aliphatic carboxylic acids is 1. The molecule has 1 rings (SSSR count). The van der Waals surface area contributed by atoms with Gasteiger partial charge in [0.05, 0.1) is 10.6 Å². The maximum Gasteiger partial charge on any atom is 0.308 e. The Balaban J connectivity index is 2.65. The molecule has 0 aliphatic heterocycles. The summed E-state index contributed by atoms with van der Waals surface area (Å²) >= 11 is 3.19. The van der Waals surface area contributed by atoms with Gasteiger partial charge in [-0.1, -0.05) is 0 Å². The van der Waals surface area contributed by atoms with E-state index in [0.29, 0.717) is 0 Å². The zero-order valence-electron chi connectivity index (χ0n) is 6.03. The molecule has 0 atom stereocenters. The first-order valence-electron chi connectivity index (χ1n) is 3.07. The van der Waals surface area contributed by atoms with Crippen molar-refractivity contribution in [2.24, 2.45) is 0 Å². The van der Waals surface area contributed by atoms with Crippen LogP contribution in [0.1, 0.15) is 4.88 Å². The van der Waals surface area contributed by atoms with Crippen molar-refractivity contribution in [1.82, 2.24) is 0 Å². The van der Waals surface area contributed by atoms with Crippen LogP contribution in [0.4, 0.5) is 0 Å². The lowest BCUT2D eigenvalue weighted by Crippen LogP contribution is -1.96. The highest BCUT2D eigenvalue weighted by molar-refractivity contribution is 8.00. The minimum Gasteiger partial charge on any atom is -0.481 e. The molecule has 1 heterocycles. The number of hydrogen-bond acceptors (Lipinski definition) is 3. The van der Waals surface area contributed by atoms with Gasteiger partial charge in [0.1, 0.15) is 0 Å². The summed E-state index contributed by atoms with van der Waals surface area (Å²) in [4.78, 5) is 11.2. The van der Waals surface area contributed by atoms with Crippen LogP contribution >= 0.6 is 23.1 Å². The Morgan fingerprint density at radius 1 is 1.73 bits per heavy atom. The molecule has 1 N–H and O–H groups in total. The molecular formula is C7H8O2S2. The lowest BCUT2D eigenvalue weighted by molar-refractivity contribution is -0.136. The van der Waals surface area contributed by atoms with E-state index in [9.17, 15) is 4.79 Å². The zero-order chi connectivity index (χ0) is 8.27. The van der Waals surface area contributed by atoms with Crippen LogP contribution < -0.4 is 0 Å². The van der Waals surface area contributed by atoms with Crippen molar-refractivity contribution in [3.63, 3.8) is 0 Å². The molecule has 0 fully saturated rings. The number of carboxylic acid groups (broad SMARTS) is 1. The third kappa shape index (κ3) is 2.55. The van der Waals surface area contributed by atoms with Gasteiger partial charge in [0.25, 0.3) is 0 Å². The normalized spacial score (nSPS) is 9.91. The van der Waals surface area contributed by atoms with E-state index in [4.69, 9.17) is 5.11 Å². The number of carbonyl (C=O) groups is 1. The van der Waals surface area contributed by atoms with E-state index in [1.165, 1.54) is 4.21 Å². The molecule has 0 saturated carbocycles. The molecule has 0 aliphatic carbocycles. The van der Waals surface area contributed by atoms with Gasteiger partial charge in [-0.25, -0.2) is 0 Å². The molecule has 11 heavy (non-hydrogen) atoms. The molecule has 60 valence electrons. The zero-order valence-corrected chi connectivity index (χ0v) is 7.67. The molecule has 0 amide bonds. The summed E-state index contributed by atoms with van der Waals surface area (Å²) < 4.78 is 1.17. The Hall–Kier alpha value is -0.480.